The van der Waals surface area contributed by atoms with Crippen LogP contribution in [0.4, 0.5) is 0 Å². The maximum Gasteiger partial charge on any atom is 0.0845 e. The van der Waals surface area contributed by atoms with E-state index in [1.54, 1.807) is 4.68 Å². The van der Waals surface area contributed by atoms with Crippen molar-refractivity contribution >= 4 is 15.9 Å². The summed E-state index contributed by atoms with van der Waals surface area (Å²) >= 11 is 3.52. The molecule has 2 rings (SSSR count). The summed E-state index contributed by atoms with van der Waals surface area (Å²) in [5, 5.41) is 11.8. The van der Waals surface area contributed by atoms with Crippen molar-refractivity contribution in [2.24, 2.45) is 7.05 Å². The van der Waals surface area contributed by atoms with Crippen molar-refractivity contribution in [3.8, 4) is 0 Å². The molecule has 2 aromatic rings. The van der Waals surface area contributed by atoms with Crippen LogP contribution in [0.15, 0.2) is 28.9 Å². The first-order valence-electron chi connectivity index (χ1n) is 6.94. The topological polar surface area (TPSA) is 42.7 Å². The quantitative estimate of drug-likeness (QED) is 0.880. The van der Waals surface area contributed by atoms with E-state index in [1.165, 1.54) is 11.1 Å². The number of halogens is 1. The number of hydrogen-bond acceptors (Lipinski definition) is 3. The lowest BCUT2D eigenvalue weighted by Gasteiger charge is -2.20. The Balaban J connectivity index is 2.22. The van der Waals surface area contributed by atoms with Gasteiger partial charge in [0, 0.05) is 30.2 Å². The molecule has 1 aromatic heterocycles. The summed E-state index contributed by atoms with van der Waals surface area (Å²) in [6.45, 7) is 5.33. The van der Waals surface area contributed by atoms with Gasteiger partial charge in [0.25, 0.3) is 0 Å². The predicted molar refractivity (Wildman–Crippen MR) is 84.6 cm³/mol. The molecule has 0 bridgehead atoms. The van der Waals surface area contributed by atoms with E-state index in [-0.39, 0.29) is 6.04 Å². The summed E-state index contributed by atoms with van der Waals surface area (Å²) in [7, 11) is 1.90. The maximum absolute atomic E-state index is 4.20. The normalized spacial score (nSPS) is 12.6. The third-order valence-corrected chi connectivity index (χ3v) is 3.80. The SMILES string of the molecule is CCCNC(Cc1cn(C)nn1)c1ccc(Br)cc1C. The molecule has 0 aliphatic carbocycles. The van der Waals surface area contributed by atoms with Crippen LogP contribution in [0.25, 0.3) is 0 Å². The standard InChI is InChI=1S/C15H21BrN4/c1-4-7-17-15(9-13-10-20(3)19-18-13)14-6-5-12(16)8-11(14)2/h5-6,8,10,15,17H,4,7,9H2,1-3H3. The van der Waals surface area contributed by atoms with Crippen LogP contribution in [-0.4, -0.2) is 21.5 Å². The summed E-state index contributed by atoms with van der Waals surface area (Å²) in [4.78, 5) is 0. The molecule has 1 atom stereocenters. The smallest absolute Gasteiger partial charge is 0.0845 e. The second-order valence-electron chi connectivity index (χ2n) is 5.10. The first-order chi connectivity index (χ1) is 9.60. The Kier molecular flexibility index (Phi) is 5.31. The van der Waals surface area contributed by atoms with Crippen LogP contribution in [0.3, 0.4) is 0 Å². The third kappa shape index (κ3) is 3.90. The average Bonchev–Trinajstić information content (AvgIpc) is 2.80. The Bertz CT molecular complexity index is 565. The molecule has 1 aromatic carbocycles. The fourth-order valence-electron chi connectivity index (χ4n) is 2.34. The molecule has 5 heteroatoms. The van der Waals surface area contributed by atoms with E-state index in [9.17, 15) is 0 Å². The van der Waals surface area contributed by atoms with Gasteiger partial charge in [0.05, 0.1) is 5.69 Å². The molecular formula is C15H21BrN4. The van der Waals surface area contributed by atoms with Gasteiger partial charge in [-0.3, -0.25) is 4.68 Å². The molecular weight excluding hydrogens is 316 g/mol. The Hall–Kier alpha value is -1.20. The highest BCUT2D eigenvalue weighted by molar-refractivity contribution is 9.10. The summed E-state index contributed by atoms with van der Waals surface area (Å²) in [5.74, 6) is 0. The van der Waals surface area contributed by atoms with Crippen molar-refractivity contribution in [2.45, 2.75) is 32.7 Å². The van der Waals surface area contributed by atoms with Gasteiger partial charge in [0.1, 0.15) is 0 Å². The van der Waals surface area contributed by atoms with Crippen molar-refractivity contribution < 1.29 is 0 Å². The average molecular weight is 337 g/mol. The highest BCUT2D eigenvalue weighted by Crippen LogP contribution is 2.24. The van der Waals surface area contributed by atoms with E-state index >= 15 is 0 Å². The second-order valence-corrected chi connectivity index (χ2v) is 6.01. The molecule has 0 spiro atoms. The van der Waals surface area contributed by atoms with Crippen molar-refractivity contribution in [1.29, 1.82) is 0 Å². The van der Waals surface area contributed by atoms with E-state index in [0.29, 0.717) is 0 Å². The highest BCUT2D eigenvalue weighted by Gasteiger charge is 2.15. The number of benzene rings is 1. The zero-order valence-corrected chi connectivity index (χ0v) is 13.8. The van der Waals surface area contributed by atoms with Crippen LogP contribution in [0, 0.1) is 6.92 Å². The lowest BCUT2D eigenvalue weighted by molar-refractivity contribution is 0.522. The Morgan fingerprint density at radius 3 is 2.80 bits per heavy atom. The first kappa shape index (κ1) is 15.2. The second kappa shape index (κ2) is 6.99. The van der Waals surface area contributed by atoms with Crippen molar-refractivity contribution in [1.82, 2.24) is 20.3 Å². The molecule has 1 heterocycles. The van der Waals surface area contributed by atoms with E-state index in [0.717, 1.165) is 29.6 Å². The van der Waals surface area contributed by atoms with E-state index in [2.05, 4.69) is 63.6 Å². The molecule has 1 N–H and O–H groups in total. The van der Waals surface area contributed by atoms with Gasteiger partial charge in [0.2, 0.25) is 0 Å². The molecule has 0 fully saturated rings. The zero-order chi connectivity index (χ0) is 14.5. The molecule has 0 aliphatic rings. The summed E-state index contributed by atoms with van der Waals surface area (Å²) in [6.07, 6.45) is 3.96. The van der Waals surface area contributed by atoms with E-state index in [4.69, 9.17) is 0 Å². The van der Waals surface area contributed by atoms with Crippen LogP contribution in [-0.2, 0) is 13.5 Å². The number of hydrogen-bond donors (Lipinski definition) is 1. The minimum atomic E-state index is 0.278. The largest absolute Gasteiger partial charge is 0.310 e. The van der Waals surface area contributed by atoms with Gasteiger partial charge >= 0.3 is 0 Å². The van der Waals surface area contributed by atoms with Gasteiger partial charge in [0.15, 0.2) is 0 Å². The van der Waals surface area contributed by atoms with Crippen molar-refractivity contribution in [3.05, 3.63) is 45.7 Å². The number of aromatic nitrogens is 3. The number of nitrogens with zero attached hydrogens (tertiary/aromatic N) is 3. The lowest BCUT2D eigenvalue weighted by atomic mass is 9.97. The van der Waals surface area contributed by atoms with Gasteiger partial charge in [-0.1, -0.05) is 34.1 Å². The monoisotopic (exact) mass is 336 g/mol. The van der Waals surface area contributed by atoms with Gasteiger partial charge < -0.3 is 5.32 Å². The fraction of sp³-hybridized carbons (Fsp3) is 0.467. The molecule has 0 saturated heterocycles. The summed E-state index contributed by atoms with van der Waals surface area (Å²) < 4.78 is 2.87. The Morgan fingerprint density at radius 1 is 1.40 bits per heavy atom. The van der Waals surface area contributed by atoms with Crippen LogP contribution in [0.5, 0.6) is 0 Å². The third-order valence-electron chi connectivity index (χ3n) is 3.31. The summed E-state index contributed by atoms with van der Waals surface area (Å²) in [5.41, 5.74) is 3.63. The van der Waals surface area contributed by atoms with Crippen LogP contribution in [0.1, 0.15) is 36.2 Å². The predicted octanol–water partition coefficient (Wildman–Crippen LogP) is 3.17. The number of aryl methyl sites for hydroxylation is 2. The molecule has 4 nitrogen and oxygen atoms in total. The van der Waals surface area contributed by atoms with Crippen molar-refractivity contribution in [3.63, 3.8) is 0 Å². The first-order valence-corrected chi connectivity index (χ1v) is 7.74. The molecule has 1 unspecified atom stereocenters. The molecule has 20 heavy (non-hydrogen) atoms. The van der Waals surface area contributed by atoms with Gasteiger partial charge in [-0.2, -0.15) is 0 Å². The number of nitrogens with one attached hydrogen (secondary N) is 1. The Labute approximate surface area is 128 Å². The lowest BCUT2D eigenvalue weighted by Crippen LogP contribution is -2.25. The minimum Gasteiger partial charge on any atom is -0.310 e. The molecule has 0 radical (unpaired) electrons. The molecule has 108 valence electrons. The molecule has 0 aliphatic heterocycles. The van der Waals surface area contributed by atoms with Crippen molar-refractivity contribution in [2.75, 3.05) is 6.54 Å². The minimum absolute atomic E-state index is 0.278. The van der Waals surface area contributed by atoms with Crippen LogP contribution >= 0.6 is 15.9 Å². The molecule has 0 saturated carbocycles. The van der Waals surface area contributed by atoms with Gasteiger partial charge in [-0.05, 0) is 43.1 Å². The number of rotatable bonds is 6. The van der Waals surface area contributed by atoms with E-state index < -0.39 is 0 Å². The highest BCUT2D eigenvalue weighted by atomic mass is 79.9. The molecule has 0 amide bonds. The zero-order valence-electron chi connectivity index (χ0n) is 12.2. The van der Waals surface area contributed by atoms with Gasteiger partial charge in [-0.25, -0.2) is 0 Å². The summed E-state index contributed by atoms with van der Waals surface area (Å²) in [6, 6.07) is 6.72. The van der Waals surface area contributed by atoms with Gasteiger partial charge in [-0.15, -0.1) is 5.10 Å². The maximum atomic E-state index is 4.20. The fourth-order valence-corrected chi connectivity index (χ4v) is 2.81. The van der Waals surface area contributed by atoms with Crippen LogP contribution in [0.2, 0.25) is 0 Å². The van der Waals surface area contributed by atoms with E-state index in [1.807, 2.05) is 13.2 Å². The van der Waals surface area contributed by atoms with Crippen LogP contribution < -0.4 is 5.32 Å². The Morgan fingerprint density at radius 2 is 2.20 bits per heavy atom.